The van der Waals surface area contributed by atoms with Gasteiger partial charge in [-0.05, 0) is 29.2 Å². The average molecular weight is 225 g/mol. The summed E-state index contributed by atoms with van der Waals surface area (Å²) in [5.74, 6) is -2.13. The van der Waals surface area contributed by atoms with Gasteiger partial charge in [0, 0.05) is 6.54 Å². The molecule has 1 rings (SSSR count). The third-order valence-corrected chi connectivity index (χ3v) is 2.55. The second-order valence-corrected chi connectivity index (χ2v) is 4.10. The summed E-state index contributed by atoms with van der Waals surface area (Å²) in [6.45, 7) is 3.82. The summed E-state index contributed by atoms with van der Waals surface area (Å²) in [5.41, 5.74) is 6.59. The first-order valence-corrected chi connectivity index (χ1v) is 5.19. The number of benzene rings is 1. The minimum atomic E-state index is -1.03. The number of hydrogen-bond donors (Lipinski definition) is 2. The molecule has 0 aliphatic carbocycles. The Balaban J connectivity index is 3.17. The number of carboxylic acid groups (broad SMARTS) is 1. The largest absolute Gasteiger partial charge is 0.481 e. The Hall–Kier alpha value is -1.42. The number of nitrogens with two attached hydrogens (primary N) is 1. The molecule has 1 aromatic rings. The highest BCUT2D eigenvalue weighted by atomic mass is 19.1. The lowest BCUT2D eigenvalue weighted by atomic mass is 9.93. The molecule has 0 aromatic heterocycles. The number of aliphatic carboxylic acids is 1. The number of halogens is 1. The maximum absolute atomic E-state index is 13.3. The van der Waals surface area contributed by atoms with E-state index in [-0.39, 0.29) is 12.5 Å². The van der Waals surface area contributed by atoms with Crippen LogP contribution in [0.1, 0.15) is 36.8 Å². The van der Waals surface area contributed by atoms with Gasteiger partial charge >= 0.3 is 5.97 Å². The molecule has 0 heterocycles. The highest BCUT2D eigenvalue weighted by Crippen LogP contribution is 2.23. The zero-order chi connectivity index (χ0) is 12.3. The Morgan fingerprint density at radius 3 is 2.38 bits per heavy atom. The SMILES string of the molecule is CC(C)c1cc(F)cc(C(CN)C(=O)O)c1. The summed E-state index contributed by atoms with van der Waals surface area (Å²) < 4.78 is 13.3. The normalized spacial score (nSPS) is 12.8. The van der Waals surface area contributed by atoms with Gasteiger partial charge in [-0.15, -0.1) is 0 Å². The Morgan fingerprint density at radius 1 is 1.38 bits per heavy atom. The fourth-order valence-electron chi connectivity index (χ4n) is 1.55. The van der Waals surface area contributed by atoms with E-state index in [4.69, 9.17) is 10.8 Å². The third-order valence-electron chi connectivity index (χ3n) is 2.55. The zero-order valence-corrected chi connectivity index (χ0v) is 9.40. The Morgan fingerprint density at radius 2 is 1.94 bits per heavy atom. The van der Waals surface area contributed by atoms with Crippen LogP contribution in [0.2, 0.25) is 0 Å². The highest BCUT2D eigenvalue weighted by molar-refractivity contribution is 5.76. The topological polar surface area (TPSA) is 63.3 Å². The molecule has 4 heteroatoms. The predicted octanol–water partition coefficient (Wildman–Crippen LogP) is 2.08. The molecule has 3 N–H and O–H groups in total. The van der Waals surface area contributed by atoms with Gasteiger partial charge in [-0.2, -0.15) is 0 Å². The van der Waals surface area contributed by atoms with E-state index in [2.05, 4.69) is 0 Å². The number of rotatable bonds is 4. The molecule has 16 heavy (non-hydrogen) atoms. The Labute approximate surface area is 94.1 Å². The van der Waals surface area contributed by atoms with E-state index < -0.39 is 17.7 Å². The van der Waals surface area contributed by atoms with Gasteiger partial charge in [0.2, 0.25) is 0 Å². The van der Waals surface area contributed by atoms with E-state index in [0.717, 1.165) is 5.56 Å². The minimum Gasteiger partial charge on any atom is -0.481 e. The standard InChI is InChI=1S/C12H16FNO2/c1-7(2)8-3-9(5-10(13)4-8)11(6-14)12(15)16/h3-5,7,11H,6,14H2,1-2H3,(H,15,16). The fourth-order valence-corrected chi connectivity index (χ4v) is 1.55. The van der Waals surface area contributed by atoms with Gasteiger partial charge in [-0.25, -0.2) is 4.39 Å². The van der Waals surface area contributed by atoms with Crippen molar-refractivity contribution >= 4 is 5.97 Å². The summed E-state index contributed by atoms with van der Waals surface area (Å²) in [7, 11) is 0. The van der Waals surface area contributed by atoms with Gasteiger partial charge in [-0.1, -0.05) is 19.9 Å². The second-order valence-electron chi connectivity index (χ2n) is 4.10. The van der Waals surface area contributed by atoms with Gasteiger partial charge in [0.25, 0.3) is 0 Å². The second kappa shape index (κ2) is 5.07. The predicted molar refractivity (Wildman–Crippen MR) is 59.9 cm³/mol. The molecule has 88 valence electrons. The molecular formula is C12H16FNO2. The summed E-state index contributed by atoms with van der Waals surface area (Å²) in [5, 5.41) is 8.94. The Kier molecular flexibility index (Phi) is 4.01. The smallest absolute Gasteiger partial charge is 0.312 e. The van der Waals surface area contributed by atoms with Crippen molar-refractivity contribution in [2.24, 2.45) is 5.73 Å². The highest BCUT2D eigenvalue weighted by Gasteiger charge is 2.19. The van der Waals surface area contributed by atoms with Crippen molar-refractivity contribution in [3.63, 3.8) is 0 Å². The molecule has 0 amide bonds. The zero-order valence-electron chi connectivity index (χ0n) is 9.40. The van der Waals surface area contributed by atoms with Gasteiger partial charge in [0.1, 0.15) is 5.82 Å². The van der Waals surface area contributed by atoms with Crippen LogP contribution in [0.15, 0.2) is 18.2 Å². The first-order valence-electron chi connectivity index (χ1n) is 5.19. The molecule has 0 radical (unpaired) electrons. The van der Waals surface area contributed by atoms with Crippen molar-refractivity contribution in [1.82, 2.24) is 0 Å². The van der Waals surface area contributed by atoms with Gasteiger partial charge in [0.15, 0.2) is 0 Å². The van der Waals surface area contributed by atoms with Crippen LogP contribution >= 0.6 is 0 Å². The van der Waals surface area contributed by atoms with Crippen molar-refractivity contribution in [3.05, 3.63) is 35.1 Å². The molecule has 0 bridgehead atoms. The molecule has 0 aliphatic rings. The molecule has 0 aliphatic heterocycles. The monoisotopic (exact) mass is 225 g/mol. The van der Waals surface area contributed by atoms with Crippen LogP contribution in [-0.4, -0.2) is 17.6 Å². The van der Waals surface area contributed by atoms with Crippen molar-refractivity contribution in [1.29, 1.82) is 0 Å². The minimum absolute atomic E-state index is 0.0314. The van der Waals surface area contributed by atoms with Crippen molar-refractivity contribution in [2.75, 3.05) is 6.54 Å². The van der Waals surface area contributed by atoms with E-state index >= 15 is 0 Å². The van der Waals surface area contributed by atoms with Crippen molar-refractivity contribution in [3.8, 4) is 0 Å². The molecule has 1 aromatic carbocycles. The van der Waals surface area contributed by atoms with E-state index in [9.17, 15) is 9.18 Å². The van der Waals surface area contributed by atoms with Crippen molar-refractivity contribution in [2.45, 2.75) is 25.7 Å². The molecule has 3 nitrogen and oxygen atoms in total. The molecule has 1 unspecified atom stereocenters. The summed E-state index contributed by atoms with van der Waals surface area (Å²) in [6.07, 6.45) is 0. The molecule has 0 saturated heterocycles. The molecule has 0 spiro atoms. The van der Waals surface area contributed by atoms with E-state index in [1.165, 1.54) is 12.1 Å². The van der Waals surface area contributed by atoms with Crippen LogP contribution in [0.25, 0.3) is 0 Å². The van der Waals surface area contributed by atoms with Crippen LogP contribution in [0.5, 0.6) is 0 Å². The third kappa shape index (κ3) is 2.79. The van der Waals surface area contributed by atoms with Crippen LogP contribution in [0.4, 0.5) is 4.39 Å². The molecular weight excluding hydrogens is 209 g/mol. The van der Waals surface area contributed by atoms with Gasteiger partial charge in [0.05, 0.1) is 5.92 Å². The summed E-state index contributed by atoms with van der Waals surface area (Å²) in [6, 6.07) is 4.36. The van der Waals surface area contributed by atoms with E-state index in [1.807, 2.05) is 13.8 Å². The first-order chi connectivity index (χ1) is 7.45. The summed E-state index contributed by atoms with van der Waals surface area (Å²) >= 11 is 0. The fraction of sp³-hybridized carbons (Fsp3) is 0.417. The van der Waals surface area contributed by atoms with Gasteiger partial charge in [-0.3, -0.25) is 4.79 Å². The van der Waals surface area contributed by atoms with Crippen LogP contribution < -0.4 is 5.73 Å². The number of hydrogen-bond acceptors (Lipinski definition) is 2. The molecule has 0 fully saturated rings. The van der Waals surface area contributed by atoms with Crippen LogP contribution in [0.3, 0.4) is 0 Å². The van der Waals surface area contributed by atoms with Crippen LogP contribution in [0, 0.1) is 5.82 Å². The quantitative estimate of drug-likeness (QED) is 0.824. The van der Waals surface area contributed by atoms with Crippen molar-refractivity contribution < 1.29 is 14.3 Å². The summed E-state index contributed by atoms with van der Waals surface area (Å²) in [4.78, 5) is 10.9. The van der Waals surface area contributed by atoms with Gasteiger partial charge < -0.3 is 10.8 Å². The number of carboxylic acids is 1. The molecule has 1 atom stereocenters. The molecule has 0 saturated carbocycles. The van der Waals surface area contributed by atoms with E-state index in [0.29, 0.717) is 5.56 Å². The maximum Gasteiger partial charge on any atom is 0.312 e. The first kappa shape index (κ1) is 12.6. The number of carbonyl (C=O) groups is 1. The average Bonchev–Trinajstić information content (AvgIpc) is 2.17. The lowest BCUT2D eigenvalue weighted by molar-refractivity contribution is -0.138. The maximum atomic E-state index is 13.3. The van der Waals surface area contributed by atoms with E-state index in [1.54, 1.807) is 6.07 Å². The Bertz CT molecular complexity index is 391. The lowest BCUT2D eigenvalue weighted by Gasteiger charge is -2.13. The lowest BCUT2D eigenvalue weighted by Crippen LogP contribution is -2.21. The van der Waals surface area contributed by atoms with Crippen LogP contribution in [-0.2, 0) is 4.79 Å².